The molecule has 1 heterocycles. The molecule has 2 aromatic carbocycles. The van der Waals surface area contributed by atoms with Crippen LogP contribution in [0.25, 0.3) is 10.2 Å². The molecule has 138 valence electrons. The summed E-state index contributed by atoms with van der Waals surface area (Å²) in [6, 6.07) is 12.2. The first-order valence-corrected chi connectivity index (χ1v) is 8.93. The third-order valence-corrected chi connectivity index (χ3v) is 4.85. The summed E-state index contributed by atoms with van der Waals surface area (Å²) in [6.07, 6.45) is 0. The lowest BCUT2D eigenvalue weighted by Crippen LogP contribution is -2.44. The van der Waals surface area contributed by atoms with Crippen LogP contribution in [0.2, 0.25) is 0 Å². The lowest BCUT2D eigenvalue weighted by atomic mass is 10.1. The highest BCUT2D eigenvalue weighted by Gasteiger charge is 2.18. The Bertz CT molecular complexity index is 984. The maximum Gasteiger partial charge on any atom is 0.270 e. The van der Waals surface area contributed by atoms with Gasteiger partial charge in [0.2, 0.25) is 5.91 Å². The molecule has 2 amide bonds. The zero-order valence-corrected chi connectivity index (χ0v) is 15.2. The fourth-order valence-corrected chi connectivity index (χ4v) is 3.32. The molecule has 9 heteroatoms. The van der Waals surface area contributed by atoms with Gasteiger partial charge in [-0.05, 0) is 25.1 Å². The van der Waals surface area contributed by atoms with Gasteiger partial charge in [-0.1, -0.05) is 18.2 Å². The zero-order chi connectivity index (χ0) is 19.4. The molecular formula is C18H16N4O4S. The Morgan fingerprint density at radius 3 is 2.74 bits per heavy atom. The van der Waals surface area contributed by atoms with Gasteiger partial charge in [0.1, 0.15) is 11.0 Å². The monoisotopic (exact) mass is 384 g/mol. The summed E-state index contributed by atoms with van der Waals surface area (Å²) in [5.74, 6) is -0.922. The number of carbonyl (C=O) groups is 2. The largest absolute Gasteiger partial charge is 0.348 e. The predicted octanol–water partition coefficient (Wildman–Crippen LogP) is 2.64. The summed E-state index contributed by atoms with van der Waals surface area (Å²) in [5, 5.41) is 16.8. The second-order valence-corrected chi connectivity index (χ2v) is 6.91. The molecule has 2 N–H and O–H groups in total. The zero-order valence-electron chi connectivity index (χ0n) is 14.3. The van der Waals surface area contributed by atoms with Crippen LogP contribution in [0.15, 0.2) is 48.5 Å². The Morgan fingerprint density at radius 1 is 1.22 bits per heavy atom. The van der Waals surface area contributed by atoms with Crippen LogP contribution in [0.1, 0.15) is 22.3 Å². The topological polar surface area (TPSA) is 114 Å². The first kappa shape index (κ1) is 18.5. The van der Waals surface area contributed by atoms with E-state index < -0.39 is 16.9 Å². The second-order valence-electron chi connectivity index (χ2n) is 5.80. The van der Waals surface area contributed by atoms with Gasteiger partial charge in [0.15, 0.2) is 0 Å². The van der Waals surface area contributed by atoms with Crippen molar-refractivity contribution in [3.05, 3.63) is 69.2 Å². The van der Waals surface area contributed by atoms with E-state index in [1.54, 1.807) is 6.92 Å². The van der Waals surface area contributed by atoms with Gasteiger partial charge in [-0.25, -0.2) is 4.98 Å². The molecule has 0 aliphatic rings. The van der Waals surface area contributed by atoms with E-state index in [-0.39, 0.29) is 23.7 Å². The maximum atomic E-state index is 12.2. The molecule has 0 fully saturated rings. The van der Waals surface area contributed by atoms with E-state index in [0.29, 0.717) is 0 Å². The molecule has 0 saturated carbocycles. The van der Waals surface area contributed by atoms with E-state index in [1.165, 1.54) is 35.6 Å². The van der Waals surface area contributed by atoms with Gasteiger partial charge in [-0.15, -0.1) is 11.3 Å². The Morgan fingerprint density at radius 2 is 2.00 bits per heavy atom. The number of benzene rings is 2. The first-order chi connectivity index (χ1) is 12.9. The number of amides is 2. The molecule has 3 aromatic rings. The van der Waals surface area contributed by atoms with Gasteiger partial charge in [-0.2, -0.15) is 0 Å². The quantitative estimate of drug-likeness (QED) is 0.501. The van der Waals surface area contributed by atoms with E-state index in [2.05, 4.69) is 15.6 Å². The van der Waals surface area contributed by atoms with Gasteiger partial charge in [0.05, 0.1) is 21.7 Å². The van der Waals surface area contributed by atoms with Crippen molar-refractivity contribution in [3.8, 4) is 0 Å². The Kier molecular flexibility index (Phi) is 5.41. The Hall–Kier alpha value is -3.33. The molecule has 1 atom stereocenters. The van der Waals surface area contributed by atoms with Crippen molar-refractivity contribution in [2.75, 3.05) is 0 Å². The number of fused-ring (bicyclic) bond motifs is 1. The highest BCUT2D eigenvalue weighted by Crippen LogP contribution is 2.21. The third kappa shape index (κ3) is 4.45. The lowest BCUT2D eigenvalue weighted by Gasteiger charge is -2.13. The molecular weight excluding hydrogens is 368 g/mol. The van der Waals surface area contributed by atoms with Crippen molar-refractivity contribution in [2.45, 2.75) is 19.5 Å². The molecule has 0 aliphatic heterocycles. The molecule has 0 radical (unpaired) electrons. The number of hydrogen-bond acceptors (Lipinski definition) is 6. The SMILES string of the molecule is CC(NC(=O)c1cccc([N+](=O)[O-])c1)C(=O)NCc1nc2ccccc2s1. The number of non-ortho nitro benzene ring substituents is 1. The fraction of sp³-hybridized carbons (Fsp3) is 0.167. The number of nitrogens with one attached hydrogen (secondary N) is 2. The van der Waals surface area contributed by atoms with E-state index in [9.17, 15) is 19.7 Å². The maximum absolute atomic E-state index is 12.2. The number of nitro benzene ring substituents is 1. The van der Waals surface area contributed by atoms with Crippen LogP contribution < -0.4 is 10.6 Å². The van der Waals surface area contributed by atoms with Crippen molar-refractivity contribution >= 4 is 39.1 Å². The summed E-state index contributed by atoms with van der Waals surface area (Å²) in [5.41, 5.74) is 0.810. The predicted molar refractivity (Wildman–Crippen MR) is 101 cm³/mol. The number of nitro groups is 1. The number of para-hydroxylation sites is 1. The lowest BCUT2D eigenvalue weighted by molar-refractivity contribution is -0.384. The molecule has 3 rings (SSSR count). The van der Waals surface area contributed by atoms with E-state index in [0.717, 1.165) is 15.2 Å². The van der Waals surface area contributed by atoms with Gasteiger partial charge >= 0.3 is 0 Å². The van der Waals surface area contributed by atoms with Gasteiger partial charge in [0.25, 0.3) is 11.6 Å². The number of nitrogens with zero attached hydrogens (tertiary/aromatic N) is 2. The molecule has 8 nitrogen and oxygen atoms in total. The molecule has 1 unspecified atom stereocenters. The van der Waals surface area contributed by atoms with Crippen LogP contribution in [-0.2, 0) is 11.3 Å². The van der Waals surface area contributed by atoms with Gasteiger partial charge in [0, 0.05) is 17.7 Å². The third-order valence-electron chi connectivity index (χ3n) is 3.81. The van der Waals surface area contributed by atoms with Gasteiger partial charge in [-0.3, -0.25) is 19.7 Å². The summed E-state index contributed by atoms with van der Waals surface area (Å²) in [4.78, 5) is 39.1. The number of hydrogen-bond donors (Lipinski definition) is 2. The molecule has 0 saturated heterocycles. The van der Waals surface area contributed by atoms with Crippen LogP contribution in [0.3, 0.4) is 0 Å². The summed E-state index contributed by atoms with van der Waals surface area (Å²) >= 11 is 1.49. The fourth-order valence-electron chi connectivity index (χ4n) is 2.42. The van der Waals surface area contributed by atoms with Crippen LogP contribution in [0.4, 0.5) is 5.69 Å². The molecule has 0 aliphatic carbocycles. The van der Waals surface area contributed by atoms with Crippen LogP contribution >= 0.6 is 11.3 Å². The van der Waals surface area contributed by atoms with Crippen molar-refractivity contribution in [3.63, 3.8) is 0 Å². The number of aromatic nitrogens is 1. The molecule has 0 bridgehead atoms. The van der Waals surface area contributed by atoms with Crippen molar-refractivity contribution in [2.24, 2.45) is 0 Å². The minimum Gasteiger partial charge on any atom is -0.348 e. The highest BCUT2D eigenvalue weighted by molar-refractivity contribution is 7.18. The number of rotatable bonds is 6. The normalized spacial score (nSPS) is 11.7. The standard InChI is InChI=1S/C18H16N4O4S/c1-11(20-18(24)12-5-4-6-13(9-12)22(25)26)17(23)19-10-16-21-14-7-2-3-8-15(14)27-16/h2-9,11H,10H2,1H3,(H,19,23)(H,20,24). The minimum atomic E-state index is -0.800. The van der Waals surface area contributed by atoms with Crippen LogP contribution in [-0.4, -0.2) is 27.8 Å². The Labute approximate surface area is 158 Å². The van der Waals surface area contributed by atoms with Crippen LogP contribution in [0.5, 0.6) is 0 Å². The van der Waals surface area contributed by atoms with Crippen molar-refractivity contribution < 1.29 is 14.5 Å². The highest BCUT2D eigenvalue weighted by atomic mass is 32.1. The van der Waals surface area contributed by atoms with Crippen LogP contribution in [0, 0.1) is 10.1 Å². The second kappa shape index (κ2) is 7.92. The molecule has 0 spiro atoms. The van der Waals surface area contributed by atoms with E-state index in [4.69, 9.17) is 0 Å². The summed E-state index contributed by atoms with van der Waals surface area (Å²) in [7, 11) is 0. The average Bonchev–Trinajstić information content (AvgIpc) is 3.09. The van der Waals surface area contributed by atoms with E-state index in [1.807, 2.05) is 24.3 Å². The van der Waals surface area contributed by atoms with E-state index >= 15 is 0 Å². The Balaban J connectivity index is 1.57. The van der Waals surface area contributed by atoms with Gasteiger partial charge < -0.3 is 10.6 Å². The average molecular weight is 384 g/mol. The minimum absolute atomic E-state index is 0.120. The van der Waals surface area contributed by atoms with Crippen molar-refractivity contribution in [1.29, 1.82) is 0 Å². The van der Waals surface area contributed by atoms with Crippen molar-refractivity contribution in [1.82, 2.24) is 15.6 Å². The summed E-state index contributed by atoms with van der Waals surface area (Å²) in [6.45, 7) is 1.80. The smallest absolute Gasteiger partial charge is 0.270 e. The number of thiazole rings is 1. The first-order valence-electron chi connectivity index (χ1n) is 8.11. The molecule has 27 heavy (non-hydrogen) atoms. The summed E-state index contributed by atoms with van der Waals surface area (Å²) < 4.78 is 1.04. The number of carbonyl (C=O) groups excluding carboxylic acids is 2. The molecule has 1 aromatic heterocycles.